The molecule has 2 heterocycles. The van der Waals surface area contributed by atoms with E-state index >= 15 is 0 Å². The monoisotopic (exact) mass is 457 g/mol. The third-order valence-electron chi connectivity index (χ3n) is 3.88. The summed E-state index contributed by atoms with van der Waals surface area (Å²) in [5.41, 5.74) is 0.0499. The van der Waals surface area contributed by atoms with Crippen molar-refractivity contribution in [2.24, 2.45) is 0 Å². The normalized spacial score (nSPS) is 11.8. The number of thioether (sulfide) groups is 1. The highest BCUT2D eigenvalue weighted by Gasteiger charge is 2.30. The lowest BCUT2D eigenvalue weighted by atomic mass is 10.1. The molecule has 3 aromatic rings. The number of anilines is 1. The first-order chi connectivity index (χ1) is 12.7. The number of carbonyl (C=O) groups excluding carboxylic acids is 1. The number of carbonyl (C=O) groups is 1. The number of alkyl halides is 3. The Hall–Kier alpha value is -2.00. The molecule has 0 radical (unpaired) electrons. The maximum absolute atomic E-state index is 12.8. The fraction of sp³-hybridized carbons (Fsp3) is 0.222. The van der Waals surface area contributed by atoms with Crippen molar-refractivity contribution in [1.82, 2.24) is 9.38 Å². The Kier molecular flexibility index (Phi) is 5.53. The van der Waals surface area contributed by atoms with Crippen LogP contribution in [0.15, 0.2) is 52.1 Å². The molecule has 27 heavy (non-hydrogen) atoms. The summed E-state index contributed by atoms with van der Waals surface area (Å²) in [6.45, 7) is 1.99. The molecule has 0 aliphatic carbocycles. The molecule has 0 unspecified atom stereocenters. The topological polar surface area (TPSA) is 37.6 Å². The molecule has 2 aromatic heterocycles. The Morgan fingerprint density at radius 1 is 1.22 bits per heavy atom. The van der Waals surface area contributed by atoms with Crippen LogP contribution in [-0.2, 0) is 6.18 Å². The van der Waals surface area contributed by atoms with Gasteiger partial charge in [-0.1, -0.05) is 6.92 Å². The van der Waals surface area contributed by atoms with Crippen LogP contribution in [0.2, 0.25) is 0 Å². The number of amides is 1. The van der Waals surface area contributed by atoms with Gasteiger partial charge in [-0.15, -0.1) is 11.8 Å². The first-order valence-electron chi connectivity index (χ1n) is 7.98. The van der Waals surface area contributed by atoms with Crippen molar-refractivity contribution in [2.75, 3.05) is 17.7 Å². The van der Waals surface area contributed by atoms with Crippen molar-refractivity contribution in [3.63, 3.8) is 0 Å². The van der Waals surface area contributed by atoms with Crippen LogP contribution < -0.4 is 4.90 Å². The second-order valence-electron chi connectivity index (χ2n) is 5.69. The van der Waals surface area contributed by atoms with Gasteiger partial charge in [-0.2, -0.15) is 13.2 Å². The molecule has 0 fully saturated rings. The zero-order valence-corrected chi connectivity index (χ0v) is 16.8. The van der Waals surface area contributed by atoms with E-state index in [2.05, 4.69) is 20.9 Å². The second kappa shape index (κ2) is 7.55. The number of imidazole rings is 1. The van der Waals surface area contributed by atoms with Crippen molar-refractivity contribution in [2.45, 2.75) is 18.1 Å². The smallest absolute Gasteiger partial charge is 0.294 e. The molecule has 1 aromatic carbocycles. The summed E-state index contributed by atoms with van der Waals surface area (Å²) in [6, 6.07) is 7.85. The Morgan fingerprint density at radius 2 is 1.89 bits per heavy atom. The van der Waals surface area contributed by atoms with Crippen LogP contribution in [0.25, 0.3) is 5.65 Å². The third kappa shape index (κ3) is 3.98. The number of hydrogen-bond donors (Lipinski definition) is 0. The van der Waals surface area contributed by atoms with Crippen molar-refractivity contribution in [1.29, 1.82) is 0 Å². The Labute approximate surface area is 166 Å². The molecule has 0 aliphatic heterocycles. The maximum atomic E-state index is 12.8. The number of rotatable bonds is 4. The largest absolute Gasteiger partial charge is 0.416 e. The lowest BCUT2D eigenvalue weighted by Crippen LogP contribution is -2.27. The maximum Gasteiger partial charge on any atom is 0.416 e. The van der Waals surface area contributed by atoms with Gasteiger partial charge in [0, 0.05) is 23.3 Å². The summed E-state index contributed by atoms with van der Waals surface area (Å²) < 4.78 is 40.9. The van der Waals surface area contributed by atoms with Crippen LogP contribution in [0, 0.1) is 0 Å². The van der Waals surface area contributed by atoms with E-state index in [1.165, 1.54) is 28.8 Å². The predicted octanol–water partition coefficient (Wildman–Crippen LogP) is 5.50. The van der Waals surface area contributed by atoms with E-state index < -0.39 is 17.6 Å². The van der Waals surface area contributed by atoms with Crippen LogP contribution >= 0.6 is 27.7 Å². The molecule has 0 aliphatic rings. The number of benzene rings is 1. The van der Waals surface area contributed by atoms with Crippen molar-refractivity contribution < 1.29 is 18.0 Å². The zero-order chi connectivity index (χ0) is 19.8. The molecular formula is C18H15BrF3N3OS. The van der Waals surface area contributed by atoms with Gasteiger partial charge in [0.05, 0.1) is 5.56 Å². The fourth-order valence-corrected chi connectivity index (χ4v) is 3.77. The van der Waals surface area contributed by atoms with E-state index in [1.807, 2.05) is 29.7 Å². The van der Waals surface area contributed by atoms with Gasteiger partial charge in [0.1, 0.15) is 10.7 Å². The van der Waals surface area contributed by atoms with E-state index in [-0.39, 0.29) is 5.56 Å². The Balaban J connectivity index is 1.98. The van der Waals surface area contributed by atoms with Crippen molar-refractivity contribution in [3.8, 4) is 0 Å². The highest BCUT2D eigenvalue weighted by Crippen LogP contribution is 2.33. The van der Waals surface area contributed by atoms with Crippen molar-refractivity contribution in [3.05, 3.63) is 58.2 Å². The lowest BCUT2D eigenvalue weighted by Gasteiger charge is -2.17. The van der Waals surface area contributed by atoms with Gasteiger partial charge in [-0.3, -0.25) is 14.1 Å². The van der Waals surface area contributed by atoms with Gasteiger partial charge < -0.3 is 0 Å². The zero-order valence-electron chi connectivity index (χ0n) is 14.4. The molecule has 0 atom stereocenters. The molecule has 0 bridgehead atoms. The average Bonchev–Trinajstić information content (AvgIpc) is 2.98. The molecule has 1 amide bonds. The minimum Gasteiger partial charge on any atom is -0.294 e. The first kappa shape index (κ1) is 19.8. The lowest BCUT2D eigenvalue weighted by molar-refractivity contribution is -0.137. The fourth-order valence-electron chi connectivity index (χ4n) is 2.57. The van der Waals surface area contributed by atoms with Crippen LogP contribution in [0.4, 0.5) is 19.0 Å². The SMILES string of the molecule is CCSc1c(N(C)C(=O)c2ccc(C(F)(F)F)cc2)nc2ccc(Br)cn12. The van der Waals surface area contributed by atoms with E-state index in [9.17, 15) is 18.0 Å². The Bertz CT molecular complexity index is 986. The number of hydrogen-bond acceptors (Lipinski definition) is 3. The van der Waals surface area contributed by atoms with E-state index in [4.69, 9.17) is 0 Å². The summed E-state index contributed by atoms with van der Waals surface area (Å²) in [6.07, 6.45) is -2.58. The summed E-state index contributed by atoms with van der Waals surface area (Å²) >= 11 is 4.95. The molecule has 142 valence electrons. The van der Waals surface area contributed by atoms with Gasteiger partial charge in [0.2, 0.25) is 0 Å². The highest BCUT2D eigenvalue weighted by atomic mass is 79.9. The minimum atomic E-state index is -4.44. The third-order valence-corrected chi connectivity index (χ3v) is 5.29. The average molecular weight is 458 g/mol. The summed E-state index contributed by atoms with van der Waals surface area (Å²) in [4.78, 5) is 18.7. The van der Waals surface area contributed by atoms with Gasteiger partial charge >= 0.3 is 6.18 Å². The van der Waals surface area contributed by atoms with E-state index in [0.29, 0.717) is 11.5 Å². The first-order valence-corrected chi connectivity index (χ1v) is 9.76. The quantitative estimate of drug-likeness (QED) is 0.485. The number of aromatic nitrogens is 2. The molecule has 9 heteroatoms. The van der Waals surface area contributed by atoms with Crippen LogP contribution in [0.1, 0.15) is 22.8 Å². The second-order valence-corrected chi connectivity index (χ2v) is 7.86. The molecule has 0 spiro atoms. The van der Waals surface area contributed by atoms with Crippen LogP contribution in [0.5, 0.6) is 0 Å². The molecule has 3 rings (SSSR count). The predicted molar refractivity (Wildman–Crippen MR) is 103 cm³/mol. The summed E-state index contributed by atoms with van der Waals surface area (Å²) in [7, 11) is 1.57. The summed E-state index contributed by atoms with van der Waals surface area (Å²) in [5.74, 6) is 0.810. The molecule has 0 saturated carbocycles. The molecule has 0 N–H and O–H groups in total. The standard InChI is InChI=1S/C18H15BrF3N3OS/c1-3-27-17-15(23-14-9-8-13(19)10-25(14)17)24(2)16(26)11-4-6-12(7-5-11)18(20,21)22/h4-10H,3H2,1-2H3. The molecule has 0 saturated heterocycles. The van der Waals surface area contributed by atoms with Gasteiger partial charge in [-0.05, 0) is 58.1 Å². The molecule has 4 nitrogen and oxygen atoms in total. The molecular weight excluding hydrogens is 443 g/mol. The van der Waals surface area contributed by atoms with Crippen LogP contribution in [0.3, 0.4) is 0 Å². The minimum absolute atomic E-state index is 0.163. The van der Waals surface area contributed by atoms with Gasteiger partial charge in [-0.25, -0.2) is 4.98 Å². The number of halogens is 4. The van der Waals surface area contributed by atoms with E-state index in [0.717, 1.165) is 27.4 Å². The highest BCUT2D eigenvalue weighted by molar-refractivity contribution is 9.10. The van der Waals surface area contributed by atoms with Crippen molar-refractivity contribution >= 4 is 45.1 Å². The Morgan fingerprint density at radius 3 is 2.48 bits per heavy atom. The van der Waals surface area contributed by atoms with Gasteiger partial charge in [0.15, 0.2) is 5.82 Å². The van der Waals surface area contributed by atoms with Gasteiger partial charge in [0.25, 0.3) is 5.91 Å². The number of pyridine rings is 1. The number of fused-ring (bicyclic) bond motifs is 1. The number of nitrogens with zero attached hydrogens (tertiary/aromatic N) is 3. The summed E-state index contributed by atoms with van der Waals surface area (Å²) in [5, 5.41) is 0.788. The van der Waals surface area contributed by atoms with E-state index in [1.54, 1.807) is 7.05 Å². The van der Waals surface area contributed by atoms with Crippen LogP contribution in [-0.4, -0.2) is 28.1 Å².